The van der Waals surface area contributed by atoms with Gasteiger partial charge in [0.25, 0.3) is 0 Å². The van der Waals surface area contributed by atoms with E-state index in [4.69, 9.17) is 4.42 Å². The van der Waals surface area contributed by atoms with Crippen LogP contribution in [0.2, 0.25) is 0 Å². The van der Waals surface area contributed by atoms with Crippen LogP contribution in [0.25, 0.3) is 22.9 Å². The van der Waals surface area contributed by atoms with Gasteiger partial charge in [-0.2, -0.15) is 0 Å². The lowest BCUT2D eigenvalue weighted by molar-refractivity contribution is 0.584. The fourth-order valence-electron chi connectivity index (χ4n) is 2.14. The van der Waals surface area contributed by atoms with Crippen molar-refractivity contribution in [2.45, 2.75) is 20.8 Å². The van der Waals surface area contributed by atoms with Crippen molar-refractivity contribution in [2.24, 2.45) is 0 Å². The van der Waals surface area contributed by atoms with Crippen molar-refractivity contribution in [3.05, 3.63) is 59.2 Å². The molecule has 3 aromatic rings. The lowest BCUT2D eigenvalue weighted by Gasteiger charge is -2.01. The molecule has 1 aromatic heterocycles. The first-order chi connectivity index (χ1) is 9.65. The molecule has 0 unspecified atom stereocenters. The monoisotopic (exact) mass is 264 g/mol. The van der Waals surface area contributed by atoms with Crippen LogP contribution in [0, 0.1) is 20.8 Å². The van der Waals surface area contributed by atoms with E-state index in [-0.39, 0.29) is 0 Å². The minimum absolute atomic E-state index is 0.561. The topological polar surface area (TPSA) is 38.9 Å². The highest BCUT2D eigenvalue weighted by Gasteiger charge is 2.12. The number of hydrogen-bond acceptors (Lipinski definition) is 3. The molecule has 0 fully saturated rings. The average Bonchev–Trinajstić information content (AvgIpc) is 2.92. The van der Waals surface area contributed by atoms with E-state index < -0.39 is 0 Å². The summed E-state index contributed by atoms with van der Waals surface area (Å²) >= 11 is 0. The predicted octanol–water partition coefficient (Wildman–Crippen LogP) is 4.33. The smallest absolute Gasteiger partial charge is 0.248 e. The fourth-order valence-corrected chi connectivity index (χ4v) is 2.14. The number of hydrogen-bond donors (Lipinski definition) is 0. The summed E-state index contributed by atoms with van der Waals surface area (Å²) in [7, 11) is 0. The minimum Gasteiger partial charge on any atom is -0.416 e. The molecule has 100 valence electrons. The molecular formula is C17H16N2O. The summed E-state index contributed by atoms with van der Waals surface area (Å²) in [6, 6.07) is 14.2. The SMILES string of the molecule is Cc1ccc(-c2nnc(-c3ccccc3C)o2)cc1C. The molecule has 3 heteroatoms. The van der Waals surface area contributed by atoms with E-state index in [1.54, 1.807) is 0 Å². The number of rotatable bonds is 2. The Balaban J connectivity index is 2.02. The number of aromatic nitrogens is 2. The Bertz CT molecular complexity index is 759. The maximum absolute atomic E-state index is 5.81. The Kier molecular flexibility index (Phi) is 3.11. The van der Waals surface area contributed by atoms with Gasteiger partial charge in [-0.25, -0.2) is 0 Å². The van der Waals surface area contributed by atoms with Crippen molar-refractivity contribution >= 4 is 0 Å². The van der Waals surface area contributed by atoms with Crippen LogP contribution in [0.1, 0.15) is 16.7 Å². The van der Waals surface area contributed by atoms with E-state index in [1.807, 2.05) is 37.3 Å². The summed E-state index contributed by atoms with van der Waals surface area (Å²) in [6.45, 7) is 6.21. The van der Waals surface area contributed by atoms with Crippen molar-refractivity contribution in [3.8, 4) is 22.9 Å². The molecule has 0 aliphatic rings. The summed E-state index contributed by atoms with van der Waals surface area (Å²) in [5, 5.41) is 8.32. The van der Waals surface area contributed by atoms with Crippen molar-refractivity contribution in [1.29, 1.82) is 0 Å². The van der Waals surface area contributed by atoms with Crippen LogP contribution in [0.4, 0.5) is 0 Å². The zero-order valence-electron chi connectivity index (χ0n) is 11.8. The minimum atomic E-state index is 0.561. The van der Waals surface area contributed by atoms with Crippen LogP contribution in [0.15, 0.2) is 46.9 Å². The molecule has 0 bridgehead atoms. The number of benzene rings is 2. The maximum atomic E-state index is 5.81. The second kappa shape index (κ2) is 4.93. The van der Waals surface area contributed by atoms with Gasteiger partial charge in [0, 0.05) is 11.1 Å². The molecule has 0 amide bonds. The van der Waals surface area contributed by atoms with Gasteiger partial charge in [0.2, 0.25) is 11.8 Å². The van der Waals surface area contributed by atoms with Gasteiger partial charge in [0.15, 0.2) is 0 Å². The summed E-state index contributed by atoms with van der Waals surface area (Å²) < 4.78 is 5.81. The maximum Gasteiger partial charge on any atom is 0.248 e. The average molecular weight is 264 g/mol. The third-order valence-corrected chi connectivity index (χ3v) is 3.55. The Morgan fingerprint density at radius 2 is 1.50 bits per heavy atom. The molecule has 0 saturated heterocycles. The quantitative estimate of drug-likeness (QED) is 0.691. The molecule has 0 N–H and O–H groups in total. The van der Waals surface area contributed by atoms with Crippen LogP contribution >= 0.6 is 0 Å². The van der Waals surface area contributed by atoms with Crippen LogP contribution < -0.4 is 0 Å². The van der Waals surface area contributed by atoms with Gasteiger partial charge >= 0.3 is 0 Å². The zero-order chi connectivity index (χ0) is 14.1. The molecule has 3 rings (SSSR count). The molecule has 3 nitrogen and oxygen atoms in total. The second-order valence-corrected chi connectivity index (χ2v) is 5.03. The molecular weight excluding hydrogens is 248 g/mol. The Labute approximate surface area is 118 Å². The van der Waals surface area contributed by atoms with E-state index in [9.17, 15) is 0 Å². The zero-order valence-corrected chi connectivity index (χ0v) is 11.8. The molecule has 2 aromatic carbocycles. The van der Waals surface area contributed by atoms with Gasteiger partial charge in [0.05, 0.1) is 0 Å². The molecule has 20 heavy (non-hydrogen) atoms. The number of nitrogens with zero attached hydrogens (tertiary/aromatic N) is 2. The Morgan fingerprint density at radius 1 is 0.750 bits per heavy atom. The molecule has 0 radical (unpaired) electrons. The second-order valence-electron chi connectivity index (χ2n) is 5.03. The largest absolute Gasteiger partial charge is 0.416 e. The predicted molar refractivity (Wildman–Crippen MR) is 79.4 cm³/mol. The third-order valence-electron chi connectivity index (χ3n) is 3.55. The molecule has 0 saturated carbocycles. The van der Waals surface area contributed by atoms with Gasteiger partial charge in [-0.15, -0.1) is 10.2 Å². The highest BCUT2D eigenvalue weighted by atomic mass is 16.4. The van der Waals surface area contributed by atoms with Crippen molar-refractivity contribution in [2.75, 3.05) is 0 Å². The van der Waals surface area contributed by atoms with Gasteiger partial charge in [-0.3, -0.25) is 0 Å². The first kappa shape index (κ1) is 12.6. The molecule has 0 aliphatic carbocycles. The first-order valence-corrected chi connectivity index (χ1v) is 6.62. The Morgan fingerprint density at radius 3 is 2.25 bits per heavy atom. The third kappa shape index (κ3) is 2.23. The van der Waals surface area contributed by atoms with Gasteiger partial charge in [-0.05, 0) is 55.7 Å². The number of aryl methyl sites for hydroxylation is 3. The summed E-state index contributed by atoms with van der Waals surface area (Å²) in [5.41, 5.74) is 5.55. The van der Waals surface area contributed by atoms with E-state index >= 15 is 0 Å². The van der Waals surface area contributed by atoms with Crippen LogP contribution in [-0.2, 0) is 0 Å². The molecule has 0 atom stereocenters. The van der Waals surface area contributed by atoms with Gasteiger partial charge in [0.1, 0.15) is 0 Å². The van der Waals surface area contributed by atoms with E-state index in [0.29, 0.717) is 11.8 Å². The van der Waals surface area contributed by atoms with Crippen LogP contribution in [0.3, 0.4) is 0 Å². The van der Waals surface area contributed by atoms with Crippen molar-refractivity contribution < 1.29 is 4.42 Å². The summed E-state index contributed by atoms with van der Waals surface area (Å²) in [5.74, 6) is 1.13. The molecule has 0 spiro atoms. The van der Waals surface area contributed by atoms with Crippen LogP contribution in [-0.4, -0.2) is 10.2 Å². The highest BCUT2D eigenvalue weighted by Crippen LogP contribution is 2.26. The summed E-state index contributed by atoms with van der Waals surface area (Å²) in [4.78, 5) is 0. The normalized spacial score (nSPS) is 10.8. The lowest BCUT2D eigenvalue weighted by atomic mass is 10.1. The first-order valence-electron chi connectivity index (χ1n) is 6.62. The summed E-state index contributed by atoms with van der Waals surface area (Å²) in [6.07, 6.45) is 0. The van der Waals surface area contributed by atoms with E-state index in [1.165, 1.54) is 11.1 Å². The molecule has 1 heterocycles. The highest BCUT2D eigenvalue weighted by molar-refractivity contribution is 5.61. The van der Waals surface area contributed by atoms with Crippen molar-refractivity contribution in [1.82, 2.24) is 10.2 Å². The van der Waals surface area contributed by atoms with Gasteiger partial charge < -0.3 is 4.42 Å². The lowest BCUT2D eigenvalue weighted by Crippen LogP contribution is -1.83. The standard InChI is InChI=1S/C17H16N2O/c1-11-8-9-14(10-13(11)3)16-18-19-17(20-16)15-7-5-4-6-12(15)2/h4-10H,1-3H3. The van der Waals surface area contributed by atoms with Crippen LogP contribution in [0.5, 0.6) is 0 Å². The van der Waals surface area contributed by atoms with Gasteiger partial charge in [-0.1, -0.05) is 24.3 Å². The van der Waals surface area contributed by atoms with Crippen molar-refractivity contribution in [3.63, 3.8) is 0 Å². The molecule has 0 aliphatic heterocycles. The Hall–Kier alpha value is -2.42. The van der Waals surface area contributed by atoms with E-state index in [0.717, 1.165) is 16.7 Å². The van der Waals surface area contributed by atoms with E-state index in [2.05, 4.69) is 36.2 Å². The fraction of sp³-hybridized carbons (Fsp3) is 0.176.